The maximum absolute atomic E-state index is 5.80. The minimum absolute atomic E-state index is 0.338. The number of nitrogens with zero attached hydrogens (tertiary/aromatic N) is 3. The van der Waals surface area contributed by atoms with Crippen LogP contribution in [0.15, 0.2) is 6.20 Å². The topological polar surface area (TPSA) is 55.0 Å². The Hall–Kier alpha value is -1.16. The van der Waals surface area contributed by atoms with Crippen LogP contribution in [0.4, 0.5) is 5.69 Å². The second-order valence-electron chi connectivity index (χ2n) is 5.52. The molecule has 0 aromatic carbocycles. The van der Waals surface area contributed by atoms with Gasteiger partial charge in [0.25, 0.3) is 0 Å². The van der Waals surface area contributed by atoms with Gasteiger partial charge in [-0.1, -0.05) is 27.7 Å². The van der Waals surface area contributed by atoms with Gasteiger partial charge in [0, 0.05) is 26.1 Å². The van der Waals surface area contributed by atoms with Gasteiger partial charge in [-0.25, -0.2) is 9.97 Å². The number of aromatic nitrogens is 2. The van der Waals surface area contributed by atoms with E-state index in [1.165, 1.54) is 0 Å². The van der Waals surface area contributed by atoms with Crippen LogP contribution in [-0.2, 0) is 6.54 Å². The molecule has 1 heterocycles. The zero-order chi connectivity index (χ0) is 13.7. The summed E-state index contributed by atoms with van der Waals surface area (Å²) in [5.41, 5.74) is 7.80. The molecule has 0 unspecified atom stereocenters. The Labute approximate surface area is 111 Å². The van der Waals surface area contributed by atoms with Crippen molar-refractivity contribution in [1.82, 2.24) is 9.97 Å². The molecule has 0 aliphatic heterocycles. The summed E-state index contributed by atoms with van der Waals surface area (Å²) in [6.07, 6.45) is 3.07. The summed E-state index contributed by atoms with van der Waals surface area (Å²) in [5.74, 6) is 1.91. The Kier molecular flexibility index (Phi) is 5.54. The van der Waals surface area contributed by atoms with Gasteiger partial charge in [-0.2, -0.15) is 0 Å². The smallest absolute Gasteiger partial charge is 0.131 e. The lowest BCUT2D eigenvalue weighted by Gasteiger charge is -2.22. The van der Waals surface area contributed by atoms with Gasteiger partial charge in [0.05, 0.1) is 17.6 Å². The maximum atomic E-state index is 5.80. The first-order valence-corrected chi connectivity index (χ1v) is 6.72. The summed E-state index contributed by atoms with van der Waals surface area (Å²) in [6.45, 7) is 10.1. The van der Waals surface area contributed by atoms with Gasteiger partial charge in [-0.15, -0.1) is 0 Å². The van der Waals surface area contributed by atoms with E-state index >= 15 is 0 Å². The number of nitrogens with two attached hydrogens (primary N) is 1. The first-order valence-electron chi connectivity index (χ1n) is 6.72. The largest absolute Gasteiger partial charge is 0.372 e. The molecule has 102 valence electrons. The molecular formula is C14H26N4. The monoisotopic (exact) mass is 250 g/mol. The molecule has 0 fully saturated rings. The highest BCUT2D eigenvalue weighted by Gasteiger charge is 2.12. The van der Waals surface area contributed by atoms with E-state index in [-0.39, 0.29) is 0 Å². The lowest BCUT2D eigenvalue weighted by Crippen LogP contribution is -2.23. The van der Waals surface area contributed by atoms with E-state index in [1.54, 1.807) is 0 Å². The molecule has 0 saturated carbocycles. The van der Waals surface area contributed by atoms with E-state index < -0.39 is 0 Å². The summed E-state index contributed by atoms with van der Waals surface area (Å²) in [4.78, 5) is 11.2. The van der Waals surface area contributed by atoms with Crippen LogP contribution in [-0.4, -0.2) is 23.6 Å². The van der Waals surface area contributed by atoms with Gasteiger partial charge in [-0.05, 0) is 12.3 Å². The van der Waals surface area contributed by atoms with E-state index in [0.717, 1.165) is 30.2 Å². The Morgan fingerprint density at radius 1 is 1.28 bits per heavy atom. The first kappa shape index (κ1) is 14.9. The van der Waals surface area contributed by atoms with Crippen LogP contribution in [0.2, 0.25) is 0 Å². The highest BCUT2D eigenvalue weighted by molar-refractivity contribution is 5.48. The lowest BCUT2D eigenvalue weighted by atomic mass is 10.1. The third kappa shape index (κ3) is 3.95. The third-order valence-electron chi connectivity index (χ3n) is 3.03. The van der Waals surface area contributed by atoms with Crippen molar-refractivity contribution in [2.45, 2.75) is 46.6 Å². The Balaban J connectivity index is 2.87. The summed E-state index contributed by atoms with van der Waals surface area (Å²) in [7, 11) is 2.08. The molecule has 1 rings (SSSR count). The summed E-state index contributed by atoms with van der Waals surface area (Å²) in [6, 6.07) is 0. The molecule has 0 atom stereocenters. The van der Waals surface area contributed by atoms with Crippen LogP contribution >= 0.6 is 0 Å². The van der Waals surface area contributed by atoms with Gasteiger partial charge < -0.3 is 10.6 Å². The standard InChI is InChI=1S/C14H26N4/c1-10(2)6-7-18(5)13-9-16-14(11(3)4)17-12(13)8-15/h9-11H,6-8,15H2,1-5H3. The van der Waals surface area contributed by atoms with Gasteiger partial charge >= 0.3 is 0 Å². The molecule has 0 spiro atoms. The molecule has 0 saturated heterocycles. The molecule has 4 heteroatoms. The van der Waals surface area contributed by atoms with Crippen molar-refractivity contribution in [2.75, 3.05) is 18.5 Å². The average molecular weight is 250 g/mol. The number of hydrogen-bond donors (Lipinski definition) is 1. The zero-order valence-corrected chi connectivity index (χ0v) is 12.3. The molecule has 0 aliphatic carbocycles. The van der Waals surface area contributed by atoms with Gasteiger partial charge in [0.15, 0.2) is 0 Å². The molecule has 1 aromatic rings. The molecule has 0 radical (unpaired) electrons. The minimum Gasteiger partial charge on any atom is -0.372 e. The quantitative estimate of drug-likeness (QED) is 0.843. The second-order valence-corrected chi connectivity index (χ2v) is 5.52. The minimum atomic E-state index is 0.338. The molecule has 4 nitrogen and oxygen atoms in total. The Bertz CT molecular complexity index is 374. The fourth-order valence-corrected chi connectivity index (χ4v) is 1.75. The molecule has 0 amide bonds. The van der Waals surface area contributed by atoms with Crippen LogP contribution in [0.5, 0.6) is 0 Å². The van der Waals surface area contributed by atoms with Crippen molar-refractivity contribution < 1.29 is 0 Å². The normalized spacial score (nSPS) is 11.3. The molecule has 1 aromatic heterocycles. The van der Waals surface area contributed by atoms with Gasteiger partial charge in [-0.3, -0.25) is 0 Å². The summed E-state index contributed by atoms with van der Waals surface area (Å²) in [5, 5.41) is 0. The fourth-order valence-electron chi connectivity index (χ4n) is 1.75. The molecule has 2 N–H and O–H groups in total. The Morgan fingerprint density at radius 2 is 1.94 bits per heavy atom. The van der Waals surface area contributed by atoms with Crippen LogP contribution in [0.25, 0.3) is 0 Å². The van der Waals surface area contributed by atoms with Crippen molar-refractivity contribution in [2.24, 2.45) is 11.7 Å². The zero-order valence-electron chi connectivity index (χ0n) is 12.3. The first-order chi connectivity index (χ1) is 8.45. The molecule has 18 heavy (non-hydrogen) atoms. The van der Waals surface area contributed by atoms with E-state index in [9.17, 15) is 0 Å². The van der Waals surface area contributed by atoms with Crippen LogP contribution < -0.4 is 10.6 Å². The van der Waals surface area contributed by atoms with Gasteiger partial charge in [0.1, 0.15) is 5.82 Å². The van der Waals surface area contributed by atoms with Crippen molar-refractivity contribution >= 4 is 5.69 Å². The van der Waals surface area contributed by atoms with Crippen molar-refractivity contribution in [3.8, 4) is 0 Å². The predicted molar refractivity (Wildman–Crippen MR) is 76.7 cm³/mol. The highest BCUT2D eigenvalue weighted by Crippen LogP contribution is 2.19. The number of rotatable bonds is 6. The third-order valence-corrected chi connectivity index (χ3v) is 3.03. The molecular weight excluding hydrogens is 224 g/mol. The molecule has 0 bridgehead atoms. The van der Waals surface area contributed by atoms with E-state index in [4.69, 9.17) is 5.73 Å². The highest BCUT2D eigenvalue weighted by atomic mass is 15.1. The van der Waals surface area contributed by atoms with Crippen LogP contribution in [0.3, 0.4) is 0 Å². The predicted octanol–water partition coefficient (Wildman–Crippen LogP) is 2.54. The van der Waals surface area contributed by atoms with Crippen molar-refractivity contribution in [1.29, 1.82) is 0 Å². The fraction of sp³-hybridized carbons (Fsp3) is 0.714. The lowest BCUT2D eigenvalue weighted by molar-refractivity contribution is 0.583. The van der Waals surface area contributed by atoms with Gasteiger partial charge in [0.2, 0.25) is 0 Å². The Morgan fingerprint density at radius 3 is 2.44 bits per heavy atom. The number of anilines is 1. The second kappa shape index (κ2) is 6.69. The van der Waals surface area contributed by atoms with Crippen molar-refractivity contribution in [3.05, 3.63) is 17.7 Å². The molecule has 0 aliphatic rings. The summed E-state index contributed by atoms with van der Waals surface area (Å²) < 4.78 is 0. The van der Waals surface area contributed by atoms with E-state index in [1.807, 2.05) is 6.20 Å². The van der Waals surface area contributed by atoms with E-state index in [2.05, 4.69) is 49.6 Å². The maximum Gasteiger partial charge on any atom is 0.131 e. The van der Waals surface area contributed by atoms with E-state index in [0.29, 0.717) is 18.4 Å². The summed E-state index contributed by atoms with van der Waals surface area (Å²) >= 11 is 0. The van der Waals surface area contributed by atoms with Crippen molar-refractivity contribution in [3.63, 3.8) is 0 Å². The average Bonchev–Trinajstić information content (AvgIpc) is 2.34. The SMILES string of the molecule is CC(C)CCN(C)c1cnc(C(C)C)nc1CN. The number of hydrogen-bond acceptors (Lipinski definition) is 4. The van der Waals surface area contributed by atoms with Crippen LogP contribution in [0.1, 0.15) is 51.6 Å². The van der Waals surface area contributed by atoms with Crippen LogP contribution in [0, 0.1) is 5.92 Å².